The monoisotopic (exact) mass is 338 g/mol. The maximum atomic E-state index is 12.9. The van der Waals surface area contributed by atoms with E-state index in [4.69, 9.17) is 0 Å². The van der Waals surface area contributed by atoms with Crippen molar-refractivity contribution < 1.29 is 4.79 Å². The quantitative estimate of drug-likeness (QED) is 0.910. The number of rotatable bonds is 5. The van der Waals surface area contributed by atoms with Gasteiger partial charge in [-0.05, 0) is 37.9 Å². The van der Waals surface area contributed by atoms with Crippen LogP contribution in [-0.2, 0) is 11.3 Å². The molecule has 1 aromatic carbocycles. The van der Waals surface area contributed by atoms with Crippen molar-refractivity contribution in [3.05, 3.63) is 48.5 Å². The summed E-state index contributed by atoms with van der Waals surface area (Å²) < 4.78 is 2.25. The van der Waals surface area contributed by atoms with Gasteiger partial charge in [-0.2, -0.15) is 0 Å². The van der Waals surface area contributed by atoms with Gasteiger partial charge in [-0.25, -0.2) is 4.98 Å². The molecule has 25 heavy (non-hydrogen) atoms. The normalized spacial score (nSPS) is 20.9. The lowest BCUT2D eigenvalue weighted by Gasteiger charge is -2.32. The average Bonchev–Trinajstić information content (AvgIpc) is 3.08. The molecular formula is C20H26N4O. The second-order valence-electron chi connectivity index (χ2n) is 7.16. The highest BCUT2D eigenvalue weighted by Gasteiger charge is 2.30. The van der Waals surface area contributed by atoms with Gasteiger partial charge in [0.25, 0.3) is 0 Å². The van der Waals surface area contributed by atoms with Crippen LogP contribution in [0.25, 0.3) is 0 Å². The highest BCUT2D eigenvalue weighted by atomic mass is 16.2. The fourth-order valence-corrected chi connectivity index (χ4v) is 3.79. The Bertz CT molecular complexity index is 701. The second-order valence-corrected chi connectivity index (χ2v) is 7.16. The summed E-state index contributed by atoms with van der Waals surface area (Å²) in [6.07, 6.45) is 11.4. The van der Waals surface area contributed by atoms with E-state index in [1.165, 1.54) is 32.1 Å². The van der Waals surface area contributed by atoms with Crippen LogP contribution in [0.5, 0.6) is 0 Å². The molecule has 1 atom stereocenters. The van der Waals surface area contributed by atoms with Crippen LogP contribution in [0.15, 0.2) is 42.9 Å². The fraction of sp³-hybridized carbons (Fsp3) is 0.500. The third-order valence-corrected chi connectivity index (χ3v) is 5.43. The average molecular weight is 338 g/mol. The van der Waals surface area contributed by atoms with E-state index in [1.54, 1.807) is 0 Å². The van der Waals surface area contributed by atoms with Gasteiger partial charge in [-0.15, -0.1) is 0 Å². The molecule has 0 spiro atoms. The first-order chi connectivity index (χ1) is 12.3. The topological polar surface area (TPSA) is 50.2 Å². The molecule has 4 rings (SSSR count). The molecule has 5 nitrogen and oxygen atoms in total. The molecule has 1 saturated heterocycles. The zero-order valence-corrected chi connectivity index (χ0v) is 14.6. The van der Waals surface area contributed by atoms with Gasteiger partial charge >= 0.3 is 0 Å². The van der Waals surface area contributed by atoms with Gasteiger partial charge < -0.3 is 14.8 Å². The zero-order valence-electron chi connectivity index (χ0n) is 14.6. The van der Waals surface area contributed by atoms with Crippen molar-refractivity contribution in [2.75, 3.05) is 11.4 Å². The number of amides is 1. The maximum Gasteiger partial charge on any atom is 0.244 e. The lowest BCUT2D eigenvalue weighted by Crippen LogP contribution is -2.54. The van der Waals surface area contributed by atoms with Crippen molar-refractivity contribution in [1.82, 2.24) is 14.9 Å². The molecule has 0 bridgehead atoms. The third-order valence-electron chi connectivity index (χ3n) is 5.43. The van der Waals surface area contributed by atoms with Crippen molar-refractivity contribution in [3.63, 3.8) is 0 Å². The number of nitrogens with zero attached hydrogens (tertiary/aromatic N) is 3. The molecule has 2 heterocycles. The summed E-state index contributed by atoms with van der Waals surface area (Å²) >= 11 is 0. The largest absolute Gasteiger partial charge is 0.334 e. The molecule has 1 N–H and O–H groups in total. The van der Waals surface area contributed by atoms with Crippen LogP contribution in [0.1, 0.15) is 50.3 Å². The Balaban J connectivity index is 1.52. The van der Waals surface area contributed by atoms with Crippen LogP contribution < -0.4 is 10.2 Å². The number of hydrogen-bond acceptors (Lipinski definition) is 3. The van der Waals surface area contributed by atoms with Gasteiger partial charge in [-0.3, -0.25) is 4.79 Å². The summed E-state index contributed by atoms with van der Waals surface area (Å²) in [7, 11) is 0. The molecule has 1 amide bonds. The van der Waals surface area contributed by atoms with E-state index in [9.17, 15) is 4.79 Å². The number of imidazole rings is 1. The summed E-state index contributed by atoms with van der Waals surface area (Å²) in [5, 5.41) is 3.22. The minimum Gasteiger partial charge on any atom is -0.334 e. The van der Waals surface area contributed by atoms with Crippen LogP contribution in [0.2, 0.25) is 0 Å². The van der Waals surface area contributed by atoms with E-state index in [-0.39, 0.29) is 11.9 Å². The highest BCUT2D eigenvalue weighted by molar-refractivity contribution is 5.97. The number of hydrogen-bond donors (Lipinski definition) is 1. The number of carbonyl (C=O) groups is 1. The molecule has 2 aliphatic rings. The van der Waals surface area contributed by atoms with E-state index in [0.29, 0.717) is 12.6 Å². The summed E-state index contributed by atoms with van der Waals surface area (Å²) in [4.78, 5) is 19.3. The molecule has 5 heteroatoms. The van der Waals surface area contributed by atoms with E-state index >= 15 is 0 Å². The van der Waals surface area contributed by atoms with E-state index in [2.05, 4.69) is 21.1 Å². The van der Waals surface area contributed by atoms with Gasteiger partial charge in [0, 0.05) is 17.9 Å². The van der Waals surface area contributed by atoms with Gasteiger partial charge in [0.1, 0.15) is 0 Å². The standard InChI is InChI=1S/C20H26N4O/c25-20(19-11-12-21-19)24(18-9-5-2-6-10-18)14-16-13-23(15-22-16)17-7-3-1-4-8-17/h2,5-6,9-10,13,15,17,19,21H,1,3-4,7-8,11-12,14H2. The SMILES string of the molecule is O=C(C1CCN1)N(Cc1cn(C2CCCCC2)cn1)c1ccccc1. The van der Waals surface area contributed by atoms with Gasteiger partial charge in [0.2, 0.25) is 5.91 Å². The number of benzene rings is 1. The lowest BCUT2D eigenvalue weighted by molar-refractivity contribution is -0.122. The van der Waals surface area contributed by atoms with Crippen molar-refractivity contribution >= 4 is 11.6 Å². The Hall–Kier alpha value is -2.14. The molecule has 132 valence electrons. The summed E-state index contributed by atoms with van der Waals surface area (Å²) in [5.41, 5.74) is 1.90. The Morgan fingerprint density at radius 2 is 1.92 bits per heavy atom. The van der Waals surface area contributed by atoms with Gasteiger partial charge in [-0.1, -0.05) is 37.5 Å². The van der Waals surface area contributed by atoms with Gasteiger partial charge in [0.05, 0.1) is 24.6 Å². The predicted molar refractivity (Wildman–Crippen MR) is 98.4 cm³/mol. The predicted octanol–water partition coefficient (Wildman–Crippen LogP) is 3.28. The minimum atomic E-state index is -0.0550. The molecule has 1 unspecified atom stereocenters. The summed E-state index contributed by atoms with van der Waals surface area (Å²) in [6.45, 7) is 1.45. The highest BCUT2D eigenvalue weighted by Crippen LogP contribution is 2.28. The molecule has 1 aliphatic carbocycles. The van der Waals surface area contributed by atoms with Crippen LogP contribution in [-0.4, -0.2) is 28.0 Å². The number of para-hydroxylation sites is 1. The fourth-order valence-electron chi connectivity index (χ4n) is 3.79. The van der Waals surface area contributed by atoms with E-state index < -0.39 is 0 Å². The minimum absolute atomic E-state index is 0.0550. The Labute approximate surface area is 149 Å². The summed E-state index contributed by atoms with van der Waals surface area (Å²) in [6, 6.07) is 10.4. The molecule has 1 aromatic heterocycles. The van der Waals surface area contributed by atoms with Crippen molar-refractivity contribution in [2.24, 2.45) is 0 Å². The molecule has 1 saturated carbocycles. The van der Waals surface area contributed by atoms with E-state index in [1.807, 2.05) is 41.6 Å². The Kier molecular flexibility index (Phi) is 4.83. The number of anilines is 1. The zero-order chi connectivity index (χ0) is 17.1. The van der Waals surface area contributed by atoms with Crippen LogP contribution in [0.3, 0.4) is 0 Å². The molecule has 2 fully saturated rings. The smallest absolute Gasteiger partial charge is 0.244 e. The molecular weight excluding hydrogens is 312 g/mol. The molecule has 2 aromatic rings. The van der Waals surface area contributed by atoms with E-state index in [0.717, 1.165) is 24.3 Å². The number of carbonyl (C=O) groups excluding carboxylic acids is 1. The van der Waals surface area contributed by atoms with Crippen molar-refractivity contribution in [3.8, 4) is 0 Å². The third kappa shape index (κ3) is 3.61. The Morgan fingerprint density at radius 1 is 1.16 bits per heavy atom. The number of nitrogens with one attached hydrogen (secondary N) is 1. The first-order valence-electron chi connectivity index (χ1n) is 9.43. The van der Waals surface area contributed by atoms with Crippen LogP contribution in [0.4, 0.5) is 5.69 Å². The number of aromatic nitrogens is 2. The second kappa shape index (κ2) is 7.40. The van der Waals surface area contributed by atoms with Crippen molar-refractivity contribution in [2.45, 2.75) is 57.2 Å². The first-order valence-corrected chi connectivity index (χ1v) is 9.43. The van der Waals surface area contributed by atoms with Crippen molar-refractivity contribution in [1.29, 1.82) is 0 Å². The Morgan fingerprint density at radius 3 is 2.60 bits per heavy atom. The lowest BCUT2D eigenvalue weighted by atomic mass is 9.95. The maximum absolute atomic E-state index is 12.9. The first kappa shape index (κ1) is 16.3. The van der Waals surface area contributed by atoms with Gasteiger partial charge in [0.15, 0.2) is 0 Å². The van der Waals surface area contributed by atoms with Crippen LogP contribution >= 0.6 is 0 Å². The van der Waals surface area contributed by atoms with Crippen LogP contribution in [0, 0.1) is 0 Å². The molecule has 0 radical (unpaired) electrons. The molecule has 1 aliphatic heterocycles. The summed E-state index contributed by atoms with van der Waals surface area (Å²) in [5.74, 6) is 0.143.